The minimum Gasteiger partial charge on any atom is -0.497 e. The fourth-order valence-corrected chi connectivity index (χ4v) is 5.54. The van der Waals surface area contributed by atoms with Crippen LogP contribution in [0.5, 0.6) is 5.75 Å². The lowest BCUT2D eigenvalue weighted by Gasteiger charge is -2.08. The lowest BCUT2D eigenvalue weighted by molar-refractivity contribution is 0.0964. The Hall–Kier alpha value is -5.61. The van der Waals surface area contributed by atoms with E-state index < -0.39 is 0 Å². The molecule has 0 bridgehead atoms. The largest absolute Gasteiger partial charge is 0.497 e. The molecule has 6 aromatic rings. The molecule has 10 heteroatoms. The van der Waals surface area contributed by atoms with Gasteiger partial charge in [0.15, 0.2) is 5.82 Å². The van der Waals surface area contributed by atoms with Crippen LogP contribution < -0.4 is 15.4 Å². The van der Waals surface area contributed by atoms with Crippen molar-refractivity contribution in [2.45, 2.75) is 25.3 Å². The number of halogens is 1. The van der Waals surface area contributed by atoms with E-state index in [-0.39, 0.29) is 17.3 Å². The van der Waals surface area contributed by atoms with Gasteiger partial charge in [0.1, 0.15) is 35.0 Å². The maximum Gasteiger partial charge on any atom is 0.255 e. The Morgan fingerprint density at radius 1 is 0.979 bits per heavy atom. The fraction of sp³-hybridized carbons (Fsp3) is 0.189. The van der Waals surface area contributed by atoms with Crippen molar-refractivity contribution in [1.29, 1.82) is 0 Å². The lowest BCUT2D eigenvalue weighted by atomic mass is 9.96. The van der Waals surface area contributed by atoms with Crippen molar-refractivity contribution in [1.82, 2.24) is 25.8 Å². The molecule has 7 rings (SSSR count). The van der Waals surface area contributed by atoms with Crippen LogP contribution in [0.1, 0.15) is 44.9 Å². The van der Waals surface area contributed by atoms with E-state index in [4.69, 9.17) is 9.15 Å². The smallest absolute Gasteiger partial charge is 0.255 e. The Morgan fingerprint density at radius 3 is 2.43 bits per heavy atom. The summed E-state index contributed by atoms with van der Waals surface area (Å²) in [4.78, 5) is 28.4. The molecule has 1 amide bonds. The van der Waals surface area contributed by atoms with E-state index in [0.717, 1.165) is 53.0 Å². The number of fused-ring (bicyclic) bond motifs is 1. The molecule has 3 N–H and O–H groups in total. The molecular formula is C37H34FN5O4. The van der Waals surface area contributed by atoms with E-state index in [1.54, 1.807) is 38.4 Å². The molecule has 1 fully saturated rings. The average molecular weight is 632 g/mol. The van der Waals surface area contributed by atoms with Gasteiger partial charge in [-0.15, -0.1) is 0 Å². The lowest BCUT2D eigenvalue weighted by Crippen LogP contribution is -2.25. The van der Waals surface area contributed by atoms with E-state index in [1.807, 2.05) is 62.5 Å². The maximum atomic E-state index is 13.3. The summed E-state index contributed by atoms with van der Waals surface area (Å²) in [6, 6.07) is 24.6. The zero-order chi connectivity index (χ0) is 33.1. The number of aldehydes is 1. The molecule has 238 valence electrons. The van der Waals surface area contributed by atoms with Crippen LogP contribution in [-0.2, 0) is 5.54 Å². The molecule has 0 radical (unpaired) electrons. The Morgan fingerprint density at radius 2 is 1.74 bits per heavy atom. The summed E-state index contributed by atoms with van der Waals surface area (Å²) < 4.78 is 24.5. The number of carbonyl (C=O) groups is 2. The zero-order valence-electron chi connectivity index (χ0n) is 26.5. The van der Waals surface area contributed by atoms with Crippen molar-refractivity contribution < 1.29 is 23.1 Å². The van der Waals surface area contributed by atoms with E-state index in [0.29, 0.717) is 39.2 Å². The first-order valence-electron chi connectivity index (χ1n) is 15.2. The van der Waals surface area contributed by atoms with Crippen molar-refractivity contribution in [3.63, 3.8) is 0 Å². The minimum absolute atomic E-state index is 0.0180. The van der Waals surface area contributed by atoms with Gasteiger partial charge >= 0.3 is 0 Å². The zero-order valence-corrected chi connectivity index (χ0v) is 26.5. The Balaban J connectivity index is 0.000000183. The van der Waals surface area contributed by atoms with E-state index in [2.05, 4.69) is 25.8 Å². The van der Waals surface area contributed by atoms with Crippen molar-refractivity contribution >= 4 is 23.2 Å². The van der Waals surface area contributed by atoms with Crippen LogP contribution in [0.4, 0.5) is 4.39 Å². The van der Waals surface area contributed by atoms with Crippen molar-refractivity contribution in [2.24, 2.45) is 0 Å². The highest BCUT2D eigenvalue weighted by Crippen LogP contribution is 2.43. The van der Waals surface area contributed by atoms with Gasteiger partial charge in [-0.25, -0.2) is 9.37 Å². The Bertz CT molecular complexity index is 2080. The first-order chi connectivity index (χ1) is 22.8. The maximum absolute atomic E-state index is 13.3. The van der Waals surface area contributed by atoms with Crippen molar-refractivity contribution in [2.75, 3.05) is 21.2 Å². The molecule has 4 aromatic carbocycles. The molecule has 2 heterocycles. The molecule has 0 atom stereocenters. The Kier molecular flexibility index (Phi) is 8.69. The molecule has 1 aliphatic carbocycles. The van der Waals surface area contributed by atoms with E-state index in [9.17, 15) is 14.0 Å². The van der Waals surface area contributed by atoms with E-state index in [1.165, 1.54) is 12.1 Å². The quantitative estimate of drug-likeness (QED) is 0.154. The molecular weight excluding hydrogens is 597 g/mol. The van der Waals surface area contributed by atoms with Gasteiger partial charge in [-0.05, 0) is 98.1 Å². The summed E-state index contributed by atoms with van der Waals surface area (Å²) >= 11 is 0. The summed E-state index contributed by atoms with van der Waals surface area (Å²) in [6.07, 6.45) is 3.02. The number of ether oxygens (including phenoxy) is 1. The number of H-pyrrole nitrogens is 1. The van der Waals surface area contributed by atoms with E-state index >= 15 is 0 Å². The number of nitrogens with one attached hydrogen (secondary N) is 3. The highest BCUT2D eigenvalue weighted by molar-refractivity contribution is 6.11. The van der Waals surface area contributed by atoms with Gasteiger partial charge in [-0.1, -0.05) is 30.3 Å². The first-order valence-corrected chi connectivity index (χ1v) is 15.2. The third-order valence-electron chi connectivity index (χ3n) is 8.45. The second-order valence-corrected chi connectivity index (χ2v) is 11.4. The highest BCUT2D eigenvalue weighted by Gasteiger charge is 2.46. The van der Waals surface area contributed by atoms with Crippen LogP contribution in [0.25, 0.3) is 44.8 Å². The molecule has 2 aromatic heterocycles. The average Bonchev–Trinajstić information content (AvgIpc) is 3.57. The van der Waals surface area contributed by atoms with Crippen LogP contribution in [0.15, 0.2) is 89.3 Å². The molecule has 1 aliphatic rings. The number of furan rings is 1. The van der Waals surface area contributed by atoms with Gasteiger partial charge in [0.2, 0.25) is 0 Å². The number of hydrogen-bond donors (Lipinski definition) is 3. The normalized spacial score (nSPS) is 13.0. The predicted molar refractivity (Wildman–Crippen MR) is 179 cm³/mol. The Labute approximate surface area is 271 Å². The first kappa shape index (κ1) is 31.4. The number of aromatic amines is 1. The number of amides is 1. The molecule has 9 nitrogen and oxygen atoms in total. The van der Waals surface area contributed by atoms with Gasteiger partial charge in [0, 0.05) is 29.1 Å². The van der Waals surface area contributed by atoms with Gasteiger partial charge in [-0.2, -0.15) is 5.10 Å². The number of carbonyl (C=O) groups excluding carboxylic acids is 2. The molecule has 47 heavy (non-hydrogen) atoms. The summed E-state index contributed by atoms with van der Waals surface area (Å²) in [5.74, 6) is 2.18. The summed E-state index contributed by atoms with van der Waals surface area (Å²) in [6.45, 7) is 1.97. The molecule has 1 saturated carbocycles. The van der Waals surface area contributed by atoms with Crippen LogP contribution in [0.3, 0.4) is 0 Å². The molecule has 0 aliphatic heterocycles. The van der Waals surface area contributed by atoms with Gasteiger partial charge < -0.3 is 19.8 Å². The van der Waals surface area contributed by atoms with Crippen LogP contribution in [0, 0.1) is 12.7 Å². The summed E-state index contributed by atoms with van der Waals surface area (Å²) in [5, 5.41) is 13.9. The monoisotopic (exact) mass is 631 g/mol. The second-order valence-electron chi connectivity index (χ2n) is 11.4. The van der Waals surface area contributed by atoms with Crippen LogP contribution in [-0.4, -0.2) is 48.6 Å². The number of rotatable bonds is 8. The molecule has 0 spiro atoms. The number of aryl methyl sites for hydroxylation is 1. The van der Waals surface area contributed by atoms with Crippen LogP contribution in [0.2, 0.25) is 0 Å². The number of methoxy groups -OCH3 is 1. The minimum atomic E-state index is -0.362. The van der Waals surface area contributed by atoms with Gasteiger partial charge in [0.25, 0.3) is 5.91 Å². The third-order valence-corrected chi connectivity index (χ3v) is 8.45. The third kappa shape index (κ3) is 6.28. The molecule has 0 saturated heterocycles. The topological polar surface area (TPSA) is 122 Å². The number of aromatic nitrogens is 3. The predicted octanol–water partition coefficient (Wildman–Crippen LogP) is 7.08. The molecule has 0 unspecified atom stereocenters. The number of benzene rings is 4. The number of hydrogen-bond acceptors (Lipinski definition) is 7. The van der Waals surface area contributed by atoms with Gasteiger partial charge in [0.05, 0.1) is 18.2 Å². The fourth-order valence-electron chi connectivity index (χ4n) is 5.54. The van der Waals surface area contributed by atoms with Crippen molar-refractivity contribution in [3.8, 4) is 39.6 Å². The highest BCUT2D eigenvalue weighted by atomic mass is 19.1. The number of nitrogens with zero attached hydrogens (tertiary/aromatic N) is 2. The SMILES string of the molecule is CNC(=O)c1c(-c2ccc(F)cc2)oc2ccc(-c3cc(C=O)ccc3C)cc12.CNC1(c2nc(-c3cccc(OC)c3)n[nH]2)CC1. The summed E-state index contributed by atoms with van der Waals surface area (Å²) in [5.41, 5.74) is 5.90. The van der Waals surface area contributed by atoms with Crippen molar-refractivity contribution in [3.05, 3.63) is 113 Å². The van der Waals surface area contributed by atoms with Crippen LogP contribution >= 0.6 is 0 Å². The summed E-state index contributed by atoms with van der Waals surface area (Å²) in [7, 11) is 5.17. The standard InChI is InChI=1S/C24H18FNO3.C13H16N4O/c1-14-3-4-15(13-27)11-19(14)17-7-10-21-20(12-17)22(24(28)26-2)23(29-21)16-5-8-18(25)9-6-16;1-14-13(6-7-13)12-15-11(16-17-12)9-4-3-5-10(8-9)18-2/h3-13H,1-2H3,(H,26,28);3-5,8,14H,6-7H2,1-2H3,(H,15,16,17). The van der Waals surface area contributed by atoms with Gasteiger partial charge in [-0.3, -0.25) is 14.7 Å². The second kappa shape index (κ2) is 13.0.